The van der Waals surface area contributed by atoms with Gasteiger partial charge in [-0.1, -0.05) is 12.1 Å². The zero-order chi connectivity index (χ0) is 14.4. The summed E-state index contributed by atoms with van der Waals surface area (Å²) >= 11 is 0. The van der Waals surface area contributed by atoms with E-state index in [0.717, 1.165) is 11.3 Å². The van der Waals surface area contributed by atoms with E-state index in [1.54, 1.807) is 13.2 Å². The fraction of sp³-hybridized carbons (Fsp3) is 0.438. The summed E-state index contributed by atoms with van der Waals surface area (Å²) in [5.74, 6) is 0.857. The minimum atomic E-state index is 0.0424. The molecule has 104 valence electrons. The first kappa shape index (κ1) is 15.3. The first-order valence-electron chi connectivity index (χ1n) is 6.60. The van der Waals surface area contributed by atoms with Gasteiger partial charge in [0.15, 0.2) is 0 Å². The highest BCUT2D eigenvalue weighted by Crippen LogP contribution is 2.13. The Morgan fingerprint density at radius 3 is 2.05 bits per heavy atom. The molecule has 0 saturated carbocycles. The first-order valence-corrected chi connectivity index (χ1v) is 6.60. The second-order valence-electron chi connectivity index (χ2n) is 5.04. The van der Waals surface area contributed by atoms with Gasteiger partial charge in [-0.05, 0) is 51.5 Å². The molecule has 0 bridgehead atoms. The van der Waals surface area contributed by atoms with Gasteiger partial charge in [0.1, 0.15) is 5.75 Å². The summed E-state index contributed by atoms with van der Waals surface area (Å²) in [6, 6.07) is 8.02. The second-order valence-corrected chi connectivity index (χ2v) is 5.04. The van der Waals surface area contributed by atoms with Crippen LogP contribution >= 0.6 is 0 Å². The molecule has 0 aliphatic rings. The normalized spacial score (nSPS) is 11.3. The molecule has 0 fully saturated rings. The molecule has 3 heteroatoms. The van der Waals surface area contributed by atoms with Gasteiger partial charge in [0.05, 0.1) is 7.11 Å². The van der Waals surface area contributed by atoms with Gasteiger partial charge in [-0.3, -0.25) is 4.79 Å². The number of hydrogen-bond acceptors (Lipinski definition) is 2. The molecule has 0 unspecified atom stereocenters. The number of hydrogen-bond donors (Lipinski definition) is 0. The summed E-state index contributed by atoms with van der Waals surface area (Å²) < 4.78 is 5.10. The van der Waals surface area contributed by atoms with Crippen molar-refractivity contribution >= 4 is 12.0 Å². The van der Waals surface area contributed by atoms with Crippen LogP contribution in [-0.4, -0.2) is 30.0 Å². The van der Waals surface area contributed by atoms with Crippen LogP contribution in [0.2, 0.25) is 0 Å². The van der Waals surface area contributed by atoms with Gasteiger partial charge in [0.25, 0.3) is 0 Å². The molecule has 0 radical (unpaired) electrons. The number of ether oxygens (including phenoxy) is 1. The van der Waals surface area contributed by atoms with Crippen molar-refractivity contribution in [2.75, 3.05) is 7.11 Å². The molecule has 0 heterocycles. The molecule has 1 aromatic rings. The van der Waals surface area contributed by atoms with E-state index in [1.165, 1.54) is 0 Å². The molecule has 0 N–H and O–H groups in total. The maximum Gasteiger partial charge on any atom is 0.247 e. The number of nitrogens with zero attached hydrogens (tertiary/aromatic N) is 1. The highest BCUT2D eigenvalue weighted by Gasteiger charge is 2.17. The lowest BCUT2D eigenvalue weighted by molar-refractivity contribution is -0.129. The quantitative estimate of drug-likeness (QED) is 0.761. The maximum atomic E-state index is 12.1. The molecule has 0 atom stereocenters. The van der Waals surface area contributed by atoms with Gasteiger partial charge >= 0.3 is 0 Å². The first-order chi connectivity index (χ1) is 8.95. The second kappa shape index (κ2) is 6.98. The molecular formula is C16H23NO2. The zero-order valence-electron chi connectivity index (χ0n) is 12.4. The molecule has 1 rings (SSSR count). The predicted octanol–water partition coefficient (Wildman–Crippen LogP) is 3.35. The average molecular weight is 261 g/mol. The molecule has 0 spiro atoms. The van der Waals surface area contributed by atoms with E-state index < -0.39 is 0 Å². The van der Waals surface area contributed by atoms with Crippen LogP contribution < -0.4 is 4.74 Å². The molecule has 0 aliphatic carbocycles. The summed E-state index contributed by atoms with van der Waals surface area (Å²) in [6.07, 6.45) is 3.46. The van der Waals surface area contributed by atoms with Crippen molar-refractivity contribution in [3.05, 3.63) is 35.9 Å². The Hall–Kier alpha value is -1.77. The van der Waals surface area contributed by atoms with E-state index >= 15 is 0 Å². The Balaban J connectivity index is 2.76. The molecule has 19 heavy (non-hydrogen) atoms. The van der Waals surface area contributed by atoms with Crippen molar-refractivity contribution in [1.29, 1.82) is 0 Å². The predicted molar refractivity (Wildman–Crippen MR) is 79.1 cm³/mol. The van der Waals surface area contributed by atoms with Crippen LogP contribution in [0.5, 0.6) is 5.75 Å². The smallest absolute Gasteiger partial charge is 0.247 e. The summed E-state index contributed by atoms with van der Waals surface area (Å²) in [4.78, 5) is 14.0. The lowest BCUT2D eigenvalue weighted by atomic mass is 10.2. The van der Waals surface area contributed by atoms with E-state index in [-0.39, 0.29) is 18.0 Å². The van der Waals surface area contributed by atoms with Crippen molar-refractivity contribution in [1.82, 2.24) is 4.90 Å². The molecule has 0 aliphatic heterocycles. The molecule has 1 amide bonds. The number of rotatable bonds is 5. The van der Waals surface area contributed by atoms with E-state index in [0.29, 0.717) is 0 Å². The van der Waals surface area contributed by atoms with Crippen LogP contribution in [0.3, 0.4) is 0 Å². The highest BCUT2D eigenvalue weighted by molar-refractivity contribution is 5.92. The topological polar surface area (TPSA) is 29.5 Å². The zero-order valence-corrected chi connectivity index (χ0v) is 12.4. The Bertz CT molecular complexity index is 425. The largest absolute Gasteiger partial charge is 0.497 e. The summed E-state index contributed by atoms with van der Waals surface area (Å²) in [6.45, 7) is 8.11. The number of carbonyl (C=O) groups is 1. The molecule has 1 aromatic carbocycles. The van der Waals surface area contributed by atoms with Crippen molar-refractivity contribution in [2.24, 2.45) is 0 Å². The van der Waals surface area contributed by atoms with Crippen molar-refractivity contribution in [3.63, 3.8) is 0 Å². The number of carbonyl (C=O) groups excluding carboxylic acids is 1. The van der Waals surface area contributed by atoms with E-state index in [2.05, 4.69) is 0 Å². The Labute approximate surface area is 115 Å². The van der Waals surface area contributed by atoms with Gasteiger partial charge in [-0.2, -0.15) is 0 Å². The maximum absolute atomic E-state index is 12.1. The Morgan fingerprint density at radius 2 is 1.63 bits per heavy atom. The third kappa shape index (κ3) is 4.43. The van der Waals surface area contributed by atoms with Gasteiger partial charge in [-0.15, -0.1) is 0 Å². The standard InChI is InChI=1S/C16H23NO2/c1-12(2)17(13(3)4)16(18)11-8-14-6-9-15(19-5)10-7-14/h6-13H,1-5H3/b11-8+. The number of benzene rings is 1. The minimum absolute atomic E-state index is 0.0424. The molecule has 3 nitrogen and oxygen atoms in total. The van der Waals surface area contributed by atoms with Gasteiger partial charge in [0.2, 0.25) is 5.91 Å². The van der Waals surface area contributed by atoms with E-state index in [1.807, 2.05) is 62.9 Å². The summed E-state index contributed by atoms with van der Waals surface area (Å²) in [7, 11) is 1.64. The van der Waals surface area contributed by atoms with Crippen LogP contribution in [0.15, 0.2) is 30.3 Å². The van der Waals surface area contributed by atoms with Gasteiger partial charge < -0.3 is 9.64 Å². The molecular weight excluding hydrogens is 238 g/mol. The minimum Gasteiger partial charge on any atom is -0.497 e. The summed E-state index contributed by atoms with van der Waals surface area (Å²) in [5, 5.41) is 0. The van der Waals surface area contributed by atoms with Gasteiger partial charge in [-0.25, -0.2) is 0 Å². The lowest BCUT2D eigenvalue weighted by Crippen LogP contribution is -2.41. The van der Waals surface area contributed by atoms with Crippen molar-refractivity contribution in [2.45, 2.75) is 39.8 Å². The van der Waals surface area contributed by atoms with E-state index in [4.69, 9.17) is 4.74 Å². The third-order valence-corrected chi connectivity index (χ3v) is 2.90. The number of methoxy groups -OCH3 is 1. The molecule has 0 saturated heterocycles. The SMILES string of the molecule is COc1ccc(/C=C/C(=O)N(C(C)C)C(C)C)cc1. The van der Waals surface area contributed by atoms with Crippen LogP contribution in [0.25, 0.3) is 6.08 Å². The highest BCUT2D eigenvalue weighted by atomic mass is 16.5. The fourth-order valence-electron chi connectivity index (χ4n) is 2.07. The lowest BCUT2D eigenvalue weighted by Gasteiger charge is -2.29. The Kier molecular flexibility index (Phi) is 5.61. The van der Waals surface area contributed by atoms with E-state index in [9.17, 15) is 4.79 Å². The van der Waals surface area contributed by atoms with Crippen LogP contribution in [-0.2, 0) is 4.79 Å². The number of amides is 1. The van der Waals surface area contributed by atoms with Crippen LogP contribution in [0.1, 0.15) is 33.3 Å². The third-order valence-electron chi connectivity index (χ3n) is 2.90. The average Bonchev–Trinajstić information content (AvgIpc) is 2.36. The van der Waals surface area contributed by atoms with Crippen molar-refractivity contribution < 1.29 is 9.53 Å². The van der Waals surface area contributed by atoms with Gasteiger partial charge in [0, 0.05) is 18.2 Å². The van der Waals surface area contributed by atoms with Crippen molar-refractivity contribution in [3.8, 4) is 5.75 Å². The Morgan fingerprint density at radius 1 is 1.11 bits per heavy atom. The summed E-state index contributed by atoms with van der Waals surface area (Å²) in [5.41, 5.74) is 0.988. The monoisotopic (exact) mass is 261 g/mol. The fourth-order valence-corrected chi connectivity index (χ4v) is 2.07. The van der Waals surface area contributed by atoms with Crippen LogP contribution in [0, 0.1) is 0 Å². The molecule has 0 aromatic heterocycles. The van der Waals surface area contributed by atoms with Crippen LogP contribution in [0.4, 0.5) is 0 Å².